The molecule has 1 N–H and O–H groups in total. The number of carbonyl (C=O) groups is 1. The number of benzene rings is 1. The Labute approximate surface area is 114 Å². The summed E-state index contributed by atoms with van der Waals surface area (Å²) in [5.74, 6) is 1.82. The van der Waals surface area contributed by atoms with Crippen molar-refractivity contribution in [2.75, 3.05) is 5.32 Å². The Balaban J connectivity index is 1.54. The lowest BCUT2D eigenvalue weighted by Crippen LogP contribution is -2.14. The second-order valence-electron chi connectivity index (χ2n) is 5.86. The predicted octanol–water partition coefficient (Wildman–Crippen LogP) is 3.60. The molecule has 2 aliphatic rings. The highest BCUT2D eigenvalue weighted by molar-refractivity contribution is 5.94. The molecule has 0 saturated heterocycles. The van der Waals surface area contributed by atoms with Crippen molar-refractivity contribution in [2.45, 2.75) is 45.1 Å². The topological polar surface area (TPSA) is 38.3 Å². The highest BCUT2D eigenvalue weighted by Gasteiger charge is 2.39. The number of hydrogen-bond donors (Lipinski definition) is 1. The van der Waals surface area contributed by atoms with Crippen molar-refractivity contribution in [2.24, 2.45) is 11.8 Å². The predicted molar refractivity (Wildman–Crippen MR) is 75.2 cm³/mol. The van der Waals surface area contributed by atoms with E-state index in [2.05, 4.69) is 12.2 Å². The van der Waals surface area contributed by atoms with Crippen LogP contribution in [0.1, 0.15) is 39.0 Å². The van der Waals surface area contributed by atoms with E-state index in [4.69, 9.17) is 4.74 Å². The van der Waals surface area contributed by atoms with E-state index in [0.717, 1.165) is 30.7 Å². The minimum absolute atomic E-state index is 0.150. The second-order valence-corrected chi connectivity index (χ2v) is 5.86. The molecule has 0 aromatic heterocycles. The van der Waals surface area contributed by atoms with Crippen LogP contribution in [0.5, 0.6) is 5.75 Å². The molecule has 3 rings (SSSR count). The Bertz CT molecular complexity index is 448. The number of anilines is 1. The fourth-order valence-corrected chi connectivity index (χ4v) is 2.74. The third-order valence-electron chi connectivity index (χ3n) is 4.17. The van der Waals surface area contributed by atoms with Crippen LogP contribution in [0.4, 0.5) is 5.69 Å². The molecule has 1 aromatic rings. The average Bonchev–Trinajstić information content (AvgIpc) is 2.92. The molecule has 3 heteroatoms. The fraction of sp³-hybridized carbons (Fsp3) is 0.562. The lowest BCUT2D eigenvalue weighted by atomic mass is 10.2. The van der Waals surface area contributed by atoms with Gasteiger partial charge in [0.25, 0.3) is 0 Å². The van der Waals surface area contributed by atoms with E-state index in [9.17, 15) is 4.79 Å². The van der Waals surface area contributed by atoms with Crippen molar-refractivity contribution >= 4 is 11.6 Å². The van der Waals surface area contributed by atoms with E-state index in [1.54, 1.807) is 0 Å². The highest BCUT2D eigenvalue weighted by atomic mass is 16.5. The summed E-state index contributed by atoms with van der Waals surface area (Å²) < 4.78 is 5.90. The molecule has 0 bridgehead atoms. The van der Waals surface area contributed by atoms with Crippen molar-refractivity contribution < 1.29 is 9.53 Å². The Kier molecular flexibility index (Phi) is 3.45. The molecule has 0 radical (unpaired) electrons. The Morgan fingerprint density at radius 3 is 2.42 bits per heavy atom. The van der Waals surface area contributed by atoms with Gasteiger partial charge in [-0.25, -0.2) is 0 Å². The lowest BCUT2D eigenvalue weighted by molar-refractivity contribution is -0.117. The maximum Gasteiger partial charge on any atom is 0.227 e. The molecular weight excluding hydrogens is 238 g/mol. The van der Waals surface area contributed by atoms with Crippen LogP contribution in [-0.4, -0.2) is 12.0 Å². The third-order valence-corrected chi connectivity index (χ3v) is 4.17. The van der Waals surface area contributed by atoms with Gasteiger partial charge < -0.3 is 10.1 Å². The Morgan fingerprint density at radius 1 is 1.21 bits per heavy atom. The van der Waals surface area contributed by atoms with Crippen LogP contribution in [0.2, 0.25) is 0 Å². The fourth-order valence-electron chi connectivity index (χ4n) is 2.74. The number of ether oxygens (including phenoxy) is 1. The summed E-state index contributed by atoms with van der Waals surface area (Å²) >= 11 is 0. The molecular formula is C16H21NO2. The standard InChI is InChI=1S/C16H21NO2/c1-11-10-15(11)16(18)17-12-6-8-14(9-7-12)19-13-4-2-3-5-13/h6-9,11,13,15H,2-5,10H2,1H3,(H,17,18)/t11-,15-/m0/s1. The minimum atomic E-state index is 0.150. The molecule has 0 heterocycles. The largest absolute Gasteiger partial charge is 0.490 e. The quantitative estimate of drug-likeness (QED) is 0.897. The summed E-state index contributed by atoms with van der Waals surface area (Å²) in [6.07, 6.45) is 6.29. The van der Waals surface area contributed by atoms with Gasteiger partial charge in [0.1, 0.15) is 5.75 Å². The molecule has 2 saturated carbocycles. The first-order valence-corrected chi connectivity index (χ1v) is 7.30. The highest BCUT2D eigenvalue weighted by Crippen LogP contribution is 2.38. The summed E-state index contributed by atoms with van der Waals surface area (Å²) in [7, 11) is 0. The number of rotatable bonds is 4. The number of hydrogen-bond acceptors (Lipinski definition) is 2. The van der Waals surface area contributed by atoms with Crippen LogP contribution in [0, 0.1) is 11.8 Å². The Hall–Kier alpha value is -1.51. The van der Waals surface area contributed by atoms with E-state index < -0.39 is 0 Å². The first-order valence-electron chi connectivity index (χ1n) is 7.30. The molecule has 19 heavy (non-hydrogen) atoms. The Morgan fingerprint density at radius 2 is 1.84 bits per heavy atom. The van der Waals surface area contributed by atoms with Gasteiger partial charge in [0.15, 0.2) is 0 Å². The van der Waals surface area contributed by atoms with E-state index >= 15 is 0 Å². The van der Waals surface area contributed by atoms with Crippen molar-refractivity contribution in [1.29, 1.82) is 0 Å². The normalized spacial score (nSPS) is 26.2. The maximum atomic E-state index is 11.8. The van der Waals surface area contributed by atoms with Crippen molar-refractivity contribution in [3.63, 3.8) is 0 Å². The molecule has 0 unspecified atom stereocenters. The zero-order chi connectivity index (χ0) is 13.2. The number of amides is 1. The summed E-state index contributed by atoms with van der Waals surface area (Å²) in [5, 5.41) is 2.96. The first-order chi connectivity index (χ1) is 9.22. The molecule has 2 aliphatic carbocycles. The zero-order valence-electron chi connectivity index (χ0n) is 11.4. The van der Waals surface area contributed by atoms with Gasteiger partial charge in [0.05, 0.1) is 6.10 Å². The van der Waals surface area contributed by atoms with Crippen LogP contribution < -0.4 is 10.1 Å². The van der Waals surface area contributed by atoms with Gasteiger partial charge in [-0.1, -0.05) is 6.92 Å². The molecule has 3 nitrogen and oxygen atoms in total. The molecule has 0 spiro atoms. The molecule has 2 atom stereocenters. The van der Waals surface area contributed by atoms with E-state index in [1.807, 2.05) is 24.3 Å². The van der Waals surface area contributed by atoms with Gasteiger partial charge in [0.2, 0.25) is 5.91 Å². The minimum Gasteiger partial charge on any atom is -0.490 e. The summed E-state index contributed by atoms with van der Waals surface area (Å²) in [6, 6.07) is 7.75. The van der Waals surface area contributed by atoms with Crippen LogP contribution in [-0.2, 0) is 4.79 Å². The molecule has 2 fully saturated rings. The first kappa shape index (κ1) is 12.5. The maximum absolute atomic E-state index is 11.8. The van der Waals surface area contributed by atoms with E-state index in [1.165, 1.54) is 12.8 Å². The molecule has 1 amide bonds. The summed E-state index contributed by atoms with van der Waals surface area (Å²) in [4.78, 5) is 11.8. The lowest BCUT2D eigenvalue weighted by Gasteiger charge is -2.13. The van der Waals surface area contributed by atoms with Gasteiger partial charge in [0, 0.05) is 11.6 Å². The van der Waals surface area contributed by atoms with Crippen molar-refractivity contribution in [1.82, 2.24) is 0 Å². The van der Waals surface area contributed by atoms with Crippen LogP contribution in [0.25, 0.3) is 0 Å². The third kappa shape index (κ3) is 3.09. The number of nitrogens with one attached hydrogen (secondary N) is 1. The number of carbonyl (C=O) groups excluding carboxylic acids is 1. The van der Waals surface area contributed by atoms with Gasteiger partial charge in [-0.15, -0.1) is 0 Å². The van der Waals surface area contributed by atoms with Gasteiger partial charge in [-0.2, -0.15) is 0 Å². The van der Waals surface area contributed by atoms with E-state index in [0.29, 0.717) is 12.0 Å². The SMILES string of the molecule is C[C@H]1C[C@@H]1C(=O)Nc1ccc(OC2CCCC2)cc1. The smallest absolute Gasteiger partial charge is 0.227 e. The van der Waals surface area contributed by atoms with Gasteiger partial charge in [-0.3, -0.25) is 4.79 Å². The van der Waals surface area contributed by atoms with Gasteiger partial charge in [-0.05, 0) is 62.3 Å². The van der Waals surface area contributed by atoms with Crippen LogP contribution >= 0.6 is 0 Å². The average molecular weight is 259 g/mol. The van der Waals surface area contributed by atoms with Crippen LogP contribution in [0.15, 0.2) is 24.3 Å². The molecule has 0 aliphatic heterocycles. The monoisotopic (exact) mass is 259 g/mol. The zero-order valence-corrected chi connectivity index (χ0v) is 11.4. The second kappa shape index (κ2) is 5.24. The molecule has 1 aromatic carbocycles. The van der Waals surface area contributed by atoms with Crippen molar-refractivity contribution in [3.05, 3.63) is 24.3 Å². The summed E-state index contributed by atoms with van der Waals surface area (Å²) in [5.41, 5.74) is 0.864. The van der Waals surface area contributed by atoms with Gasteiger partial charge >= 0.3 is 0 Å². The summed E-state index contributed by atoms with van der Waals surface area (Å²) in [6.45, 7) is 2.11. The van der Waals surface area contributed by atoms with Crippen LogP contribution in [0.3, 0.4) is 0 Å². The molecule has 102 valence electrons. The van der Waals surface area contributed by atoms with Crippen molar-refractivity contribution in [3.8, 4) is 5.75 Å². The van der Waals surface area contributed by atoms with E-state index in [-0.39, 0.29) is 11.8 Å².